The van der Waals surface area contributed by atoms with Gasteiger partial charge >= 0.3 is 5.97 Å². The predicted octanol–water partition coefficient (Wildman–Crippen LogP) is 3.93. The molecule has 3 atom stereocenters. The fourth-order valence-corrected chi connectivity index (χ4v) is 6.91. The smallest absolute Gasteiger partial charge is 0.330 e. The summed E-state index contributed by atoms with van der Waals surface area (Å²) in [5, 5.41) is 0.0652. The lowest BCUT2D eigenvalue weighted by molar-refractivity contribution is -0.149. The van der Waals surface area contributed by atoms with Gasteiger partial charge in [0.05, 0.1) is 6.10 Å². The second kappa shape index (κ2) is 11.4. The number of carbonyl (C=O) groups is 1. The molecule has 0 N–H and O–H groups in total. The summed E-state index contributed by atoms with van der Waals surface area (Å²) in [7, 11) is -0.750. The van der Waals surface area contributed by atoms with E-state index in [1.54, 1.807) is 0 Å². The third kappa shape index (κ3) is 8.50. The van der Waals surface area contributed by atoms with Gasteiger partial charge in [0.25, 0.3) is 0 Å². The van der Waals surface area contributed by atoms with E-state index in [4.69, 9.17) is 13.9 Å². The normalized spacial score (nSPS) is 23.4. The monoisotopic (exact) mass is 400 g/mol. The van der Waals surface area contributed by atoms with Gasteiger partial charge in [0.1, 0.15) is 6.10 Å². The Morgan fingerprint density at radius 2 is 2.08 bits per heavy atom. The molecule has 0 amide bonds. The van der Waals surface area contributed by atoms with Crippen LogP contribution in [0.25, 0.3) is 0 Å². The van der Waals surface area contributed by atoms with Crippen molar-refractivity contribution in [2.45, 2.75) is 102 Å². The first-order chi connectivity index (χ1) is 12.2. The van der Waals surface area contributed by atoms with E-state index < -0.39 is 8.32 Å². The molecule has 4 nitrogen and oxygen atoms in total. The van der Waals surface area contributed by atoms with E-state index in [9.17, 15) is 4.79 Å². The lowest BCUT2D eigenvalue weighted by Gasteiger charge is -2.38. The van der Waals surface area contributed by atoms with Gasteiger partial charge in [0, 0.05) is 28.1 Å². The number of hydrogen-bond donors (Lipinski definition) is 0. The van der Waals surface area contributed by atoms with Gasteiger partial charge < -0.3 is 13.9 Å². The van der Waals surface area contributed by atoms with Crippen molar-refractivity contribution in [2.75, 3.05) is 6.61 Å². The van der Waals surface area contributed by atoms with Crippen LogP contribution in [0.15, 0.2) is 12.7 Å². The minimum absolute atomic E-state index is 0.0428. The standard InChI is InChI=1S/C20H40O4Si2/c1-6-9-16-26(4,5)24-18(17(7-2)23-19(21)8-3)12-14-20(25)13-10-11-15-22-20/h8,17-18H,3,6-7,9-16H2,1-2,4-5,25H3. The van der Waals surface area contributed by atoms with Crippen LogP contribution < -0.4 is 0 Å². The Kier molecular flexibility index (Phi) is 10.4. The number of rotatable bonds is 12. The molecular formula is C20H40O4Si2. The second-order valence-electron chi connectivity index (χ2n) is 8.40. The molecule has 1 fully saturated rings. The first kappa shape index (κ1) is 23.6. The van der Waals surface area contributed by atoms with Gasteiger partial charge in [-0.15, -0.1) is 0 Å². The van der Waals surface area contributed by atoms with Gasteiger partial charge in [-0.05, 0) is 57.7 Å². The van der Waals surface area contributed by atoms with Gasteiger partial charge in [-0.3, -0.25) is 0 Å². The predicted molar refractivity (Wildman–Crippen MR) is 114 cm³/mol. The zero-order valence-electron chi connectivity index (χ0n) is 17.6. The Bertz CT molecular complexity index is 434. The van der Waals surface area contributed by atoms with Crippen molar-refractivity contribution in [1.82, 2.24) is 0 Å². The van der Waals surface area contributed by atoms with Gasteiger partial charge in [0.2, 0.25) is 0 Å². The third-order valence-corrected chi connectivity index (χ3v) is 9.15. The van der Waals surface area contributed by atoms with Crippen molar-refractivity contribution in [2.24, 2.45) is 0 Å². The molecule has 26 heavy (non-hydrogen) atoms. The largest absolute Gasteiger partial charge is 0.457 e. The van der Waals surface area contributed by atoms with Crippen LogP contribution >= 0.6 is 0 Å². The fourth-order valence-electron chi connectivity index (χ4n) is 3.65. The Balaban J connectivity index is 2.81. The van der Waals surface area contributed by atoms with Gasteiger partial charge in [-0.1, -0.05) is 33.3 Å². The van der Waals surface area contributed by atoms with E-state index >= 15 is 0 Å². The Labute approximate surface area is 164 Å². The maximum Gasteiger partial charge on any atom is 0.330 e. The molecule has 0 aromatic carbocycles. The molecule has 0 aromatic rings. The highest BCUT2D eigenvalue weighted by atomic mass is 28.4. The summed E-state index contributed by atoms with van der Waals surface area (Å²) < 4.78 is 18.4. The second-order valence-corrected chi connectivity index (χ2v) is 14.5. The van der Waals surface area contributed by atoms with Crippen LogP contribution in [0.5, 0.6) is 0 Å². The minimum atomic E-state index is -1.79. The van der Waals surface area contributed by atoms with E-state index in [0.29, 0.717) is 0 Å². The molecule has 1 rings (SSSR count). The zero-order chi connectivity index (χ0) is 19.6. The molecule has 0 saturated carbocycles. The van der Waals surface area contributed by atoms with E-state index in [1.807, 2.05) is 0 Å². The average Bonchev–Trinajstić information content (AvgIpc) is 2.62. The van der Waals surface area contributed by atoms with Gasteiger partial charge in [0.15, 0.2) is 8.32 Å². The lowest BCUT2D eigenvalue weighted by Crippen LogP contribution is -2.44. The van der Waals surface area contributed by atoms with Crippen LogP contribution in [-0.2, 0) is 18.7 Å². The molecular weight excluding hydrogens is 360 g/mol. The molecule has 1 heterocycles. The van der Waals surface area contributed by atoms with E-state index in [-0.39, 0.29) is 23.4 Å². The van der Waals surface area contributed by atoms with E-state index in [0.717, 1.165) is 48.6 Å². The Morgan fingerprint density at radius 1 is 1.35 bits per heavy atom. The molecule has 3 unspecified atom stereocenters. The van der Waals surface area contributed by atoms with Gasteiger partial charge in [-0.25, -0.2) is 4.79 Å². The number of ether oxygens (including phenoxy) is 2. The van der Waals surface area contributed by atoms with Crippen LogP contribution in [-0.4, -0.2) is 48.6 Å². The van der Waals surface area contributed by atoms with Crippen LogP contribution in [0, 0.1) is 0 Å². The molecule has 0 radical (unpaired) electrons. The summed E-state index contributed by atoms with van der Waals surface area (Å²) in [6, 6.07) is 1.15. The highest BCUT2D eigenvalue weighted by Crippen LogP contribution is 2.30. The first-order valence-electron chi connectivity index (χ1n) is 10.4. The van der Waals surface area contributed by atoms with Crippen molar-refractivity contribution >= 4 is 24.5 Å². The molecule has 152 valence electrons. The van der Waals surface area contributed by atoms with Crippen molar-refractivity contribution in [3.8, 4) is 0 Å². The van der Waals surface area contributed by atoms with Crippen LogP contribution in [0.2, 0.25) is 19.1 Å². The number of hydrogen-bond acceptors (Lipinski definition) is 4. The highest BCUT2D eigenvalue weighted by Gasteiger charge is 2.35. The summed E-state index contributed by atoms with van der Waals surface area (Å²) in [5.74, 6) is -0.354. The molecule has 1 saturated heterocycles. The summed E-state index contributed by atoms with van der Waals surface area (Å²) >= 11 is 0. The van der Waals surface area contributed by atoms with Crippen molar-refractivity contribution in [1.29, 1.82) is 0 Å². The molecule has 1 aliphatic heterocycles. The first-order valence-corrected chi connectivity index (χ1v) is 14.5. The average molecular weight is 401 g/mol. The molecule has 0 spiro atoms. The van der Waals surface area contributed by atoms with E-state index in [2.05, 4.69) is 33.5 Å². The Morgan fingerprint density at radius 3 is 2.62 bits per heavy atom. The van der Waals surface area contributed by atoms with Crippen molar-refractivity contribution in [3.63, 3.8) is 0 Å². The maximum atomic E-state index is 11.8. The van der Waals surface area contributed by atoms with Crippen molar-refractivity contribution < 1.29 is 18.7 Å². The quantitative estimate of drug-likeness (QED) is 0.283. The SMILES string of the molecule is C=CC(=O)OC(CC)C(CCC1([SiH3])CCCCO1)O[Si](C)(C)CCCC. The summed E-state index contributed by atoms with van der Waals surface area (Å²) in [5.41, 5.74) is 0. The maximum absolute atomic E-state index is 11.8. The third-order valence-electron chi connectivity index (χ3n) is 5.36. The Hall–Kier alpha value is -0.436. The zero-order valence-corrected chi connectivity index (χ0v) is 20.6. The highest BCUT2D eigenvalue weighted by molar-refractivity contribution is 6.71. The summed E-state index contributed by atoms with van der Waals surface area (Å²) in [6.45, 7) is 13.3. The van der Waals surface area contributed by atoms with Gasteiger partial charge in [-0.2, -0.15) is 0 Å². The molecule has 0 bridgehead atoms. The van der Waals surface area contributed by atoms with Crippen LogP contribution in [0.4, 0.5) is 0 Å². The van der Waals surface area contributed by atoms with Crippen LogP contribution in [0.3, 0.4) is 0 Å². The fraction of sp³-hybridized carbons (Fsp3) is 0.850. The summed E-state index contributed by atoms with van der Waals surface area (Å²) in [4.78, 5) is 11.8. The molecule has 6 heteroatoms. The number of esters is 1. The van der Waals surface area contributed by atoms with Crippen molar-refractivity contribution in [3.05, 3.63) is 12.7 Å². The topological polar surface area (TPSA) is 44.8 Å². The minimum Gasteiger partial charge on any atom is -0.457 e. The summed E-state index contributed by atoms with van der Waals surface area (Å²) in [6.07, 6.45) is 9.64. The number of unbranched alkanes of at least 4 members (excludes halogenated alkanes) is 1. The molecule has 0 aliphatic carbocycles. The molecule has 0 aromatic heterocycles. The number of carbonyl (C=O) groups excluding carboxylic acids is 1. The lowest BCUT2D eigenvalue weighted by atomic mass is 9.99. The van der Waals surface area contributed by atoms with E-state index in [1.165, 1.54) is 31.8 Å². The van der Waals surface area contributed by atoms with Crippen LogP contribution in [0.1, 0.15) is 65.2 Å². The molecule has 1 aliphatic rings.